The van der Waals surface area contributed by atoms with Crippen LogP contribution in [0.1, 0.15) is 13.8 Å². The van der Waals surface area contributed by atoms with E-state index in [1.807, 2.05) is 0 Å². The van der Waals surface area contributed by atoms with Crippen molar-refractivity contribution in [3.8, 4) is 0 Å². The van der Waals surface area contributed by atoms with Crippen molar-refractivity contribution in [2.24, 2.45) is 0 Å². The number of carboxylic acid groups (broad SMARTS) is 4. The summed E-state index contributed by atoms with van der Waals surface area (Å²) in [7, 11) is 0. The topological polar surface area (TPSA) is 508 Å². The molecule has 0 radical (unpaired) electrons. The molecule has 0 unspecified atom stereocenters. The van der Waals surface area contributed by atoms with Crippen LogP contribution in [0.5, 0.6) is 0 Å². The molecule has 8 rings (SSSR count). The SMILES string of the molecule is C=C(O)/C=C\C(=O)O[C@@H]1CO[C@H]2[C@@H]1OC[C@H]2OC(=O)/C=C/C(=O)O.C=C(O)/C=C\C(=O)O[C@@H]1CO[C@H]2[C@@H]1OC[C@H]2OC(=O)/C=C\C(=O)O.CC(=O)/C=C/C(=O)O[C@H]1CO[C@H]2[C@@H]1OC[C@H]2OC(=O)/C=C/C(=O)O.CC(=O)/C=C/C(=O)O[C@H]1CO[C@H]2[C@@H]1OC[C@H]2OC(=O)/C=C\C(=O)O. The number of carbonyl (C=O) groups excluding carboxylic acids is 10. The first-order chi connectivity index (χ1) is 45.5. The fourth-order valence-corrected chi connectivity index (χ4v) is 9.29. The highest BCUT2D eigenvalue weighted by Gasteiger charge is 2.54. The molecule has 6 N–H and O–H groups in total. The summed E-state index contributed by atoms with van der Waals surface area (Å²) < 4.78 is 84.4. The zero-order chi connectivity index (χ0) is 70.8. The molecule has 96 heavy (non-hydrogen) atoms. The Kier molecular flexibility index (Phi) is 29.9. The van der Waals surface area contributed by atoms with E-state index in [9.17, 15) is 67.1 Å². The molecule has 36 nitrogen and oxygen atoms in total. The average molecular weight is 1360 g/mol. The number of fused-ring (bicyclic) bond motifs is 4. The number of rotatable bonds is 24. The van der Waals surface area contributed by atoms with Gasteiger partial charge in [-0.15, -0.1) is 0 Å². The number of esters is 8. The first kappa shape index (κ1) is 76.4. The number of aliphatic hydroxyl groups is 2. The summed E-state index contributed by atoms with van der Waals surface area (Å²) in [4.78, 5) is 155. The van der Waals surface area contributed by atoms with E-state index >= 15 is 0 Å². The molecule has 8 saturated heterocycles. The van der Waals surface area contributed by atoms with Crippen molar-refractivity contribution in [3.63, 3.8) is 0 Å². The molecule has 0 aliphatic carbocycles. The van der Waals surface area contributed by atoms with Crippen LogP contribution in [0.4, 0.5) is 0 Å². The lowest BCUT2D eigenvalue weighted by Gasteiger charge is -2.16. The van der Waals surface area contributed by atoms with Crippen molar-refractivity contribution in [1.29, 1.82) is 0 Å². The van der Waals surface area contributed by atoms with Gasteiger partial charge < -0.3 is 106 Å². The van der Waals surface area contributed by atoms with Crippen molar-refractivity contribution < 1.29 is 174 Å². The number of ketones is 2. The van der Waals surface area contributed by atoms with Gasteiger partial charge in [-0.25, -0.2) is 57.5 Å². The van der Waals surface area contributed by atoms with Crippen LogP contribution < -0.4 is 0 Å². The predicted molar refractivity (Wildman–Crippen MR) is 306 cm³/mol. The van der Waals surface area contributed by atoms with Gasteiger partial charge in [0.2, 0.25) is 0 Å². The summed E-state index contributed by atoms with van der Waals surface area (Å²) in [5.74, 6) is -12.4. The Labute approximate surface area is 541 Å². The van der Waals surface area contributed by atoms with Crippen LogP contribution in [-0.2, 0) is 143 Å². The Morgan fingerprint density at radius 1 is 0.250 bits per heavy atom. The zero-order valence-electron chi connectivity index (χ0n) is 50.5. The Bertz CT molecular complexity index is 2580. The van der Waals surface area contributed by atoms with Crippen LogP contribution in [0.3, 0.4) is 0 Å². The zero-order valence-corrected chi connectivity index (χ0v) is 50.5. The number of carbonyl (C=O) groups is 14. The molecular formula is C60H64O36. The van der Waals surface area contributed by atoms with Crippen LogP contribution in [0.2, 0.25) is 0 Å². The molecule has 8 aliphatic heterocycles. The minimum absolute atomic E-state index is 0.0410. The molecule has 0 spiro atoms. The van der Waals surface area contributed by atoms with Gasteiger partial charge in [0, 0.05) is 72.9 Å². The molecule has 0 aromatic carbocycles. The van der Waals surface area contributed by atoms with Crippen molar-refractivity contribution in [2.75, 3.05) is 52.9 Å². The lowest BCUT2D eigenvalue weighted by Crippen LogP contribution is -2.35. The highest BCUT2D eigenvalue weighted by molar-refractivity contribution is 5.96. The average Bonchev–Trinajstić information content (AvgIpc) is 1.68. The lowest BCUT2D eigenvalue weighted by molar-refractivity contribution is -0.150. The number of allylic oxidation sites excluding steroid dienone is 4. The molecule has 0 amide bonds. The van der Waals surface area contributed by atoms with Gasteiger partial charge >= 0.3 is 71.6 Å². The van der Waals surface area contributed by atoms with Gasteiger partial charge in [0.25, 0.3) is 0 Å². The standard InChI is InChI=1S/4C15H16O9/c4*1-8(16)2-4-12(19)23-9-6-21-15-10(7-22-14(9)15)24-13(20)5-3-11(17)18/h2*2-5,9-10,14-15H,6-7H2,1H3,(H,17,18);2*2-5,9-10,14-16H,1,6-7H2,(H,17,18)/b4-2+,5-3+;4-2+,5-3-;4-2-,5-3+;4-2-,5-3-/t2*9-,10+,14+,15+;2*9-,10-,14-,15-/m0011/s1. The van der Waals surface area contributed by atoms with Crippen molar-refractivity contribution in [2.45, 2.75) is 112 Å². The maximum atomic E-state index is 11.6. The van der Waals surface area contributed by atoms with Crippen LogP contribution in [-0.4, -0.2) is 264 Å². The number of aliphatic hydroxyl groups excluding tert-OH is 2. The van der Waals surface area contributed by atoms with Gasteiger partial charge in [-0.1, -0.05) is 13.2 Å². The first-order valence-corrected chi connectivity index (χ1v) is 28.2. The summed E-state index contributed by atoms with van der Waals surface area (Å²) in [6, 6.07) is 0. The Morgan fingerprint density at radius 3 is 0.510 bits per heavy atom. The van der Waals surface area contributed by atoms with E-state index in [0.29, 0.717) is 24.3 Å². The van der Waals surface area contributed by atoms with E-state index < -0.39 is 169 Å². The molecule has 0 aromatic rings. The van der Waals surface area contributed by atoms with E-state index in [1.54, 1.807) is 0 Å². The summed E-state index contributed by atoms with van der Waals surface area (Å²) in [5.41, 5.74) is 0. The van der Waals surface area contributed by atoms with Gasteiger partial charge in [-0.2, -0.15) is 0 Å². The number of ether oxygens (including phenoxy) is 16. The molecule has 8 fully saturated rings. The molecular weight excluding hydrogens is 1300 g/mol. The third kappa shape index (κ3) is 25.5. The highest BCUT2D eigenvalue weighted by atomic mass is 16.7. The molecule has 8 aliphatic rings. The third-order valence-corrected chi connectivity index (χ3v) is 13.2. The summed E-state index contributed by atoms with van der Waals surface area (Å²) in [6.07, 6.45) is 3.75. The summed E-state index contributed by atoms with van der Waals surface area (Å²) in [5, 5.41) is 51.6. The molecule has 0 aromatic heterocycles. The van der Waals surface area contributed by atoms with Gasteiger partial charge in [0.1, 0.15) is 60.4 Å². The first-order valence-electron chi connectivity index (χ1n) is 28.2. The van der Waals surface area contributed by atoms with Crippen molar-refractivity contribution >= 4 is 83.2 Å². The summed E-state index contributed by atoms with van der Waals surface area (Å²) in [6.45, 7) is 9.41. The smallest absolute Gasteiger partial charge is 0.331 e. The lowest BCUT2D eigenvalue weighted by atomic mass is 10.1. The third-order valence-electron chi connectivity index (χ3n) is 13.2. The Morgan fingerprint density at radius 2 is 0.385 bits per heavy atom. The predicted octanol–water partition coefficient (Wildman–Crippen LogP) is -1.46. The van der Waals surface area contributed by atoms with E-state index in [2.05, 4.69) is 13.2 Å². The molecule has 36 heteroatoms. The maximum absolute atomic E-state index is 11.6. The van der Waals surface area contributed by atoms with Gasteiger partial charge in [0.05, 0.1) is 52.9 Å². The second kappa shape index (κ2) is 37.5. The second-order valence-corrected chi connectivity index (χ2v) is 20.4. The van der Waals surface area contributed by atoms with Gasteiger partial charge in [-0.3, -0.25) is 9.59 Å². The number of hydrogen-bond donors (Lipinski definition) is 6. The van der Waals surface area contributed by atoms with E-state index in [4.69, 9.17) is 106 Å². The van der Waals surface area contributed by atoms with Gasteiger partial charge in [-0.05, 0) is 38.2 Å². The number of hydrogen-bond acceptors (Lipinski definition) is 32. The molecule has 16 atom stereocenters. The minimum Gasteiger partial charge on any atom is -0.509 e. The number of carboxylic acids is 4. The largest absolute Gasteiger partial charge is 0.509 e. The van der Waals surface area contributed by atoms with E-state index in [0.717, 1.165) is 72.9 Å². The van der Waals surface area contributed by atoms with Crippen LogP contribution in [0.15, 0.2) is 122 Å². The highest BCUT2D eigenvalue weighted by Crippen LogP contribution is 2.34. The monoisotopic (exact) mass is 1360 g/mol. The fourth-order valence-electron chi connectivity index (χ4n) is 9.29. The molecule has 520 valence electrons. The fraction of sp³-hybridized carbons (Fsp3) is 0.433. The maximum Gasteiger partial charge on any atom is 0.331 e. The molecule has 8 heterocycles. The van der Waals surface area contributed by atoms with Crippen LogP contribution >= 0.6 is 0 Å². The summed E-state index contributed by atoms with van der Waals surface area (Å²) >= 11 is 0. The normalized spacial score (nSPS) is 28.9. The Hall–Kier alpha value is -10.3. The quantitative estimate of drug-likeness (QED) is 0.0211. The molecule has 0 saturated carbocycles. The number of aliphatic carboxylic acids is 4. The molecule has 0 bridgehead atoms. The second-order valence-electron chi connectivity index (χ2n) is 20.4. The van der Waals surface area contributed by atoms with Crippen LogP contribution in [0, 0.1) is 0 Å². The minimum atomic E-state index is -1.27. The van der Waals surface area contributed by atoms with Crippen molar-refractivity contribution in [3.05, 3.63) is 122 Å². The van der Waals surface area contributed by atoms with E-state index in [-0.39, 0.29) is 75.9 Å². The Balaban J connectivity index is 0.000000231. The van der Waals surface area contributed by atoms with Crippen molar-refractivity contribution in [1.82, 2.24) is 0 Å². The van der Waals surface area contributed by atoms with Gasteiger partial charge in [0.15, 0.2) is 60.4 Å². The van der Waals surface area contributed by atoms with E-state index in [1.165, 1.54) is 13.8 Å². The van der Waals surface area contributed by atoms with Crippen LogP contribution in [0.25, 0.3) is 0 Å².